The van der Waals surface area contributed by atoms with Gasteiger partial charge in [-0.05, 0) is 25.1 Å². The van der Waals surface area contributed by atoms with E-state index in [-0.39, 0.29) is 37.4 Å². The molecule has 2 aromatic rings. The van der Waals surface area contributed by atoms with Gasteiger partial charge < -0.3 is 19.2 Å². The number of amides is 1. The van der Waals surface area contributed by atoms with Crippen LogP contribution in [0.25, 0.3) is 0 Å². The molecule has 1 aromatic carbocycles. The third-order valence-electron chi connectivity index (χ3n) is 5.60. The zero-order valence-electron chi connectivity index (χ0n) is 15.6. The van der Waals surface area contributed by atoms with Gasteiger partial charge in [-0.2, -0.15) is 0 Å². The molecule has 1 N–H and O–H groups in total. The van der Waals surface area contributed by atoms with Crippen LogP contribution in [-0.4, -0.2) is 34.3 Å². The maximum atomic E-state index is 14.2. The van der Waals surface area contributed by atoms with Gasteiger partial charge in [0.15, 0.2) is 28.0 Å². The molecule has 3 heterocycles. The van der Waals surface area contributed by atoms with Crippen LogP contribution >= 0.6 is 12.2 Å². The highest BCUT2D eigenvalue weighted by Crippen LogP contribution is 2.36. The Kier molecular flexibility index (Phi) is 5.24. The highest BCUT2D eigenvalue weighted by atomic mass is 32.1. The Hall–Kier alpha value is -2.20. The first-order valence-electron chi connectivity index (χ1n) is 9.25. The maximum Gasteiger partial charge on any atom is 0.226 e. The topological polar surface area (TPSA) is 48.2 Å². The van der Waals surface area contributed by atoms with Gasteiger partial charge in [-0.25, -0.2) is 17.6 Å². The molecule has 0 spiro atoms. The molecular formula is C19H19F4N3O2S. The minimum Gasteiger partial charge on any atom is -0.379 e. The van der Waals surface area contributed by atoms with Crippen molar-refractivity contribution >= 4 is 18.1 Å². The molecule has 0 saturated carbocycles. The van der Waals surface area contributed by atoms with Crippen LogP contribution in [0.5, 0.6) is 0 Å². The van der Waals surface area contributed by atoms with Gasteiger partial charge in [-0.3, -0.25) is 4.79 Å². The lowest BCUT2D eigenvalue weighted by atomic mass is 9.94. The fourth-order valence-electron chi connectivity index (χ4n) is 4.14. The Balaban J connectivity index is 1.62. The molecule has 0 unspecified atom stereocenters. The summed E-state index contributed by atoms with van der Waals surface area (Å²) in [6.45, 7) is 1.14. The zero-order valence-corrected chi connectivity index (χ0v) is 16.4. The summed E-state index contributed by atoms with van der Waals surface area (Å²) in [5.74, 6) is -6.68. The Labute approximate surface area is 169 Å². The molecule has 1 saturated heterocycles. The van der Waals surface area contributed by atoms with Crippen molar-refractivity contribution in [2.45, 2.75) is 37.8 Å². The molecule has 0 aliphatic carbocycles. The molecule has 5 nitrogen and oxygen atoms in total. The largest absolute Gasteiger partial charge is 0.379 e. The number of fused-ring (bicyclic) bond motifs is 1. The van der Waals surface area contributed by atoms with Crippen LogP contribution in [0.15, 0.2) is 6.07 Å². The number of aromatic nitrogens is 2. The first-order valence-corrected chi connectivity index (χ1v) is 9.66. The molecule has 10 heteroatoms. The van der Waals surface area contributed by atoms with Gasteiger partial charge in [0, 0.05) is 49.1 Å². The molecule has 0 bridgehead atoms. The Morgan fingerprint density at radius 2 is 1.97 bits per heavy atom. The number of hydrogen-bond donors (Lipinski definition) is 1. The smallest absolute Gasteiger partial charge is 0.226 e. The number of nitrogens with zero attached hydrogens (tertiary/aromatic N) is 2. The van der Waals surface area contributed by atoms with Crippen molar-refractivity contribution in [3.63, 3.8) is 0 Å². The monoisotopic (exact) mass is 429 g/mol. The summed E-state index contributed by atoms with van der Waals surface area (Å²) in [6, 6.07) is 0.155. The number of ether oxygens (including phenoxy) is 1. The quantitative estimate of drug-likeness (QED) is 0.462. The Morgan fingerprint density at radius 3 is 2.59 bits per heavy atom. The summed E-state index contributed by atoms with van der Waals surface area (Å²) in [5, 5.41) is 2.89. The summed E-state index contributed by atoms with van der Waals surface area (Å²) in [7, 11) is 1.72. The van der Waals surface area contributed by atoms with E-state index in [1.54, 1.807) is 16.2 Å². The van der Waals surface area contributed by atoms with E-state index in [2.05, 4.69) is 5.32 Å². The zero-order chi connectivity index (χ0) is 20.9. The van der Waals surface area contributed by atoms with Crippen molar-refractivity contribution in [2.75, 3.05) is 13.2 Å². The highest BCUT2D eigenvalue weighted by Gasteiger charge is 2.34. The van der Waals surface area contributed by atoms with E-state index in [0.29, 0.717) is 29.4 Å². The van der Waals surface area contributed by atoms with Crippen LogP contribution in [0.3, 0.4) is 0 Å². The van der Waals surface area contributed by atoms with Gasteiger partial charge in [0.05, 0.1) is 19.1 Å². The van der Waals surface area contributed by atoms with E-state index in [9.17, 15) is 22.4 Å². The average molecular weight is 429 g/mol. The van der Waals surface area contributed by atoms with Gasteiger partial charge >= 0.3 is 0 Å². The third kappa shape index (κ3) is 3.48. The molecule has 0 radical (unpaired) electrons. The lowest BCUT2D eigenvalue weighted by molar-refractivity contribution is -0.121. The Morgan fingerprint density at radius 1 is 1.28 bits per heavy atom. The molecule has 156 valence electrons. The van der Waals surface area contributed by atoms with E-state index in [4.69, 9.17) is 17.0 Å². The summed E-state index contributed by atoms with van der Waals surface area (Å²) in [4.78, 5) is 12.4. The number of carbonyl (C=O) groups excluding carboxylic acids is 1. The van der Waals surface area contributed by atoms with Crippen LogP contribution < -0.4 is 5.32 Å². The van der Waals surface area contributed by atoms with E-state index in [0.717, 1.165) is 6.42 Å². The molecular weight excluding hydrogens is 410 g/mol. The van der Waals surface area contributed by atoms with Crippen molar-refractivity contribution in [1.82, 2.24) is 14.5 Å². The minimum atomic E-state index is -1.43. The first kappa shape index (κ1) is 20.1. The molecule has 1 fully saturated rings. The second-order valence-electron chi connectivity index (χ2n) is 7.43. The van der Waals surface area contributed by atoms with Crippen molar-refractivity contribution < 1.29 is 27.1 Å². The normalized spacial score (nSPS) is 20.9. The molecule has 2 atom stereocenters. The van der Waals surface area contributed by atoms with Crippen LogP contribution in [0.2, 0.25) is 0 Å². The SMILES string of the molecule is Cn1c(CC(=O)N[C@H]2CCOC2)c2n(c1=S)C[C@@H](c1c(F)c(F)cc(F)c1F)C2. The van der Waals surface area contributed by atoms with Gasteiger partial charge in [-0.15, -0.1) is 0 Å². The number of benzene rings is 1. The number of rotatable bonds is 4. The van der Waals surface area contributed by atoms with Gasteiger partial charge in [-0.1, -0.05) is 0 Å². The van der Waals surface area contributed by atoms with E-state index in [1.165, 1.54) is 0 Å². The molecule has 29 heavy (non-hydrogen) atoms. The Bertz CT molecular complexity index is 1020. The van der Waals surface area contributed by atoms with Crippen LogP contribution in [-0.2, 0) is 36.0 Å². The number of halogens is 4. The summed E-state index contributed by atoms with van der Waals surface area (Å²) in [5.41, 5.74) is 0.636. The standard InChI is InChI=1S/C19H19F4N3O2S/c1-25-13(6-15(27)24-10-2-3-28-8-10)14-4-9(7-26(14)19(25)29)16-17(22)11(20)5-12(21)18(16)23/h5,9-10H,2-4,6-8H2,1H3,(H,24,27)/t9-,10-/m0/s1. The maximum absolute atomic E-state index is 14.2. The first-order chi connectivity index (χ1) is 13.8. The van der Waals surface area contributed by atoms with Crippen LogP contribution in [0.1, 0.15) is 29.3 Å². The van der Waals surface area contributed by atoms with E-state index < -0.39 is 34.8 Å². The van der Waals surface area contributed by atoms with Gasteiger partial charge in [0.25, 0.3) is 0 Å². The second kappa shape index (κ2) is 7.56. The van der Waals surface area contributed by atoms with Gasteiger partial charge in [0.1, 0.15) is 0 Å². The molecule has 2 aliphatic rings. The van der Waals surface area contributed by atoms with Crippen molar-refractivity contribution in [3.05, 3.63) is 51.1 Å². The van der Waals surface area contributed by atoms with Crippen molar-refractivity contribution in [3.8, 4) is 0 Å². The van der Waals surface area contributed by atoms with Crippen molar-refractivity contribution in [2.24, 2.45) is 7.05 Å². The third-order valence-corrected chi connectivity index (χ3v) is 6.10. The molecule has 1 aromatic heterocycles. The summed E-state index contributed by atoms with van der Waals surface area (Å²) < 4.78 is 64.7. The number of nitrogens with one attached hydrogen (secondary N) is 1. The van der Waals surface area contributed by atoms with Crippen LogP contribution in [0, 0.1) is 28.0 Å². The molecule has 2 aliphatic heterocycles. The highest BCUT2D eigenvalue weighted by molar-refractivity contribution is 7.71. The number of imidazole rings is 1. The fourth-order valence-corrected chi connectivity index (χ4v) is 4.43. The second-order valence-corrected chi connectivity index (χ2v) is 7.80. The van der Waals surface area contributed by atoms with Gasteiger partial charge in [0.2, 0.25) is 5.91 Å². The average Bonchev–Trinajstić information content (AvgIpc) is 3.37. The lowest BCUT2D eigenvalue weighted by Crippen LogP contribution is -2.36. The predicted molar refractivity (Wildman–Crippen MR) is 98.0 cm³/mol. The molecule has 1 amide bonds. The van der Waals surface area contributed by atoms with Crippen molar-refractivity contribution in [1.29, 1.82) is 0 Å². The summed E-state index contributed by atoms with van der Waals surface area (Å²) >= 11 is 5.40. The lowest BCUT2D eigenvalue weighted by Gasteiger charge is -2.14. The van der Waals surface area contributed by atoms with E-state index >= 15 is 0 Å². The van der Waals surface area contributed by atoms with E-state index in [1.807, 2.05) is 0 Å². The van der Waals surface area contributed by atoms with Crippen LogP contribution in [0.4, 0.5) is 17.6 Å². The summed E-state index contributed by atoms with van der Waals surface area (Å²) in [6.07, 6.45) is 0.897. The minimum absolute atomic E-state index is 0.0359. The fraction of sp³-hybridized carbons (Fsp3) is 0.474. The predicted octanol–water partition coefficient (Wildman–Crippen LogP) is 2.90. The molecule has 4 rings (SSSR count). The number of hydrogen-bond acceptors (Lipinski definition) is 3. The number of carbonyl (C=O) groups is 1.